The maximum absolute atomic E-state index is 8.67. The molecule has 3 rings (SSSR count). The van der Waals surface area contributed by atoms with E-state index in [4.69, 9.17) is 5.53 Å². The number of aromatic nitrogens is 2. The Morgan fingerprint density at radius 2 is 1.94 bits per heavy atom. The van der Waals surface area contributed by atoms with Crippen molar-refractivity contribution < 1.29 is 0 Å². The van der Waals surface area contributed by atoms with Crippen molar-refractivity contribution in [3.05, 3.63) is 33.1 Å². The largest absolute Gasteiger partial charge is 0.239 e. The van der Waals surface area contributed by atoms with Crippen LogP contribution in [0.15, 0.2) is 22.0 Å². The summed E-state index contributed by atoms with van der Waals surface area (Å²) in [5.74, 6) is 0.658. The molecule has 16 heavy (non-hydrogen) atoms. The molecule has 0 radical (unpaired) electrons. The SMILES string of the molecule is [N-]=[N+]=NC1(c2ncc(Br)cn2)CC2(CC2)C1. The van der Waals surface area contributed by atoms with Crippen molar-refractivity contribution in [1.29, 1.82) is 0 Å². The van der Waals surface area contributed by atoms with E-state index in [0.29, 0.717) is 11.2 Å². The monoisotopic (exact) mass is 279 g/mol. The van der Waals surface area contributed by atoms with Gasteiger partial charge in [0, 0.05) is 17.3 Å². The first-order chi connectivity index (χ1) is 7.68. The Morgan fingerprint density at radius 1 is 1.31 bits per heavy atom. The molecule has 0 atom stereocenters. The fraction of sp³-hybridized carbons (Fsp3) is 0.600. The van der Waals surface area contributed by atoms with Crippen LogP contribution in [-0.2, 0) is 5.54 Å². The summed E-state index contributed by atoms with van der Waals surface area (Å²) in [6.45, 7) is 0. The first kappa shape index (κ1) is 10.1. The Kier molecular flexibility index (Phi) is 2.00. The molecule has 1 spiro atoms. The zero-order valence-corrected chi connectivity index (χ0v) is 10.2. The smallest absolute Gasteiger partial charge is 0.140 e. The highest BCUT2D eigenvalue weighted by molar-refractivity contribution is 9.10. The first-order valence-electron chi connectivity index (χ1n) is 5.22. The molecule has 1 aromatic heterocycles. The predicted octanol–water partition coefficient (Wildman–Crippen LogP) is 3.32. The molecule has 2 aliphatic carbocycles. The van der Waals surface area contributed by atoms with Gasteiger partial charge in [-0.3, -0.25) is 0 Å². The third kappa shape index (κ3) is 1.41. The molecule has 1 aromatic rings. The number of hydrogen-bond donors (Lipinski definition) is 0. The van der Waals surface area contributed by atoms with Gasteiger partial charge in [0.15, 0.2) is 0 Å². The summed E-state index contributed by atoms with van der Waals surface area (Å²) in [7, 11) is 0. The molecule has 0 unspecified atom stereocenters. The Labute approximate surface area is 101 Å². The standard InChI is InChI=1S/C10H10BrN5/c11-7-3-13-8(14-4-7)10(15-16-12)5-9(6-10)1-2-9/h3-4H,1-2,5-6H2. The van der Waals surface area contributed by atoms with E-state index in [0.717, 1.165) is 17.3 Å². The van der Waals surface area contributed by atoms with Gasteiger partial charge in [0.25, 0.3) is 0 Å². The van der Waals surface area contributed by atoms with Crippen LogP contribution in [0.5, 0.6) is 0 Å². The third-order valence-corrected chi connectivity index (χ3v) is 3.97. The minimum atomic E-state index is -0.480. The van der Waals surface area contributed by atoms with Crippen LogP contribution in [0, 0.1) is 5.41 Å². The lowest BCUT2D eigenvalue weighted by molar-refractivity contribution is 0.116. The fourth-order valence-electron chi connectivity index (χ4n) is 2.63. The van der Waals surface area contributed by atoms with Crippen LogP contribution in [0.3, 0.4) is 0 Å². The second-order valence-corrected chi connectivity index (χ2v) is 5.72. The molecular formula is C10H10BrN5. The molecule has 5 nitrogen and oxygen atoms in total. The first-order valence-corrected chi connectivity index (χ1v) is 6.02. The van der Waals surface area contributed by atoms with E-state index in [1.54, 1.807) is 12.4 Å². The second-order valence-electron chi connectivity index (χ2n) is 4.80. The minimum Gasteiger partial charge on any atom is -0.239 e. The number of nitrogens with zero attached hydrogens (tertiary/aromatic N) is 5. The molecule has 0 amide bonds. The molecule has 2 aliphatic rings. The minimum absolute atomic E-state index is 0.449. The number of azide groups is 1. The number of hydrogen-bond acceptors (Lipinski definition) is 3. The van der Waals surface area contributed by atoms with Crippen molar-refractivity contribution in [3.8, 4) is 0 Å². The molecule has 82 valence electrons. The average molecular weight is 280 g/mol. The Hall–Kier alpha value is -1.13. The van der Waals surface area contributed by atoms with Crippen molar-refractivity contribution in [2.24, 2.45) is 10.5 Å². The van der Waals surface area contributed by atoms with Gasteiger partial charge in [-0.1, -0.05) is 5.11 Å². The summed E-state index contributed by atoms with van der Waals surface area (Å²) in [5.41, 5.74) is 8.64. The van der Waals surface area contributed by atoms with Crippen LogP contribution in [0.1, 0.15) is 31.5 Å². The van der Waals surface area contributed by atoms with Crippen molar-refractivity contribution in [2.45, 2.75) is 31.2 Å². The van der Waals surface area contributed by atoms with Gasteiger partial charge < -0.3 is 0 Å². The van der Waals surface area contributed by atoms with Gasteiger partial charge in [0.2, 0.25) is 0 Å². The Morgan fingerprint density at radius 3 is 2.44 bits per heavy atom. The van der Waals surface area contributed by atoms with Gasteiger partial charge in [-0.15, -0.1) is 0 Å². The predicted molar refractivity (Wildman–Crippen MR) is 61.5 cm³/mol. The molecule has 0 bridgehead atoms. The lowest BCUT2D eigenvalue weighted by Crippen LogP contribution is -2.42. The van der Waals surface area contributed by atoms with Crippen molar-refractivity contribution in [3.63, 3.8) is 0 Å². The van der Waals surface area contributed by atoms with Crippen molar-refractivity contribution >= 4 is 15.9 Å². The Balaban J connectivity index is 1.94. The van der Waals surface area contributed by atoms with Crippen LogP contribution in [0.4, 0.5) is 0 Å². The van der Waals surface area contributed by atoms with Crippen LogP contribution in [-0.4, -0.2) is 9.97 Å². The van der Waals surface area contributed by atoms with E-state index in [1.165, 1.54) is 12.8 Å². The fourth-order valence-corrected chi connectivity index (χ4v) is 2.84. The maximum Gasteiger partial charge on any atom is 0.140 e. The maximum atomic E-state index is 8.67. The average Bonchev–Trinajstić information content (AvgIpc) is 2.98. The second kappa shape index (κ2) is 3.18. The summed E-state index contributed by atoms with van der Waals surface area (Å²) in [6, 6.07) is 0. The quantitative estimate of drug-likeness (QED) is 0.473. The van der Waals surface area contributed by atoms with Gasteiger partial charge in [0.1, 0.15) is 11.4 Å². The summed E-state index contributed by atoms with van der Waals surface area (Å²) in [6.07, 6.45) is 7.74. The topological polar surface area (TPSA) is 74.5 Å². The zero-order valence-electron chi connectivity index (χ0n) is 8.60. The van der Waals surface area contributed by atoms with E-state index >= 15 is 0 Å². The highest BCUT2D eigenvalue weighted by Crippen LogP contribution is 2.69. The lowest BCUT2D eigenvalue weighted by Gasteiger charge is -2.43. The Bertz CT molecular complexity index is 464. The van der Waals surface area contributed by atoms with Crippen molar-refractivity contribution in [2.75, 3.05) is 0 Å². The summed E-state index contributed by atoms with van der Waals surface area (Å²) < 4.78 is 0.841. The molecule has 0 N–H and O–H groups in total. The summed E-state index contributed by atoms with van der Waals surface area (Å²) in [4.78, 5) is 11.5. The van der Waals surface area contributed by atoms with E-state index in [9.17, 15) is 0 Å². The van der Waals surface area contributed by atoms with E-state index in [-0.39, 0.29) is 0 Å². The molecule has 2 saturated carbocycles. The highest BCUT2D eigenvalue weighted by Gasteiger charge is 2.62. The molecule has 0 saturated heterocycles. The van der Waals surface area contributed by atoms with E-state index in [2.05, 4.69) is 35.9 Å². The van der Waals surface area contributed by atoms with Gasteiger partial charge in [-0.05, 0) is 52.6 Å². The van der Waals surface area contributed by atoms with Crippen LogP contribution in [0.2, 0.25) is 0 Å². The van der Waals surface area contributed by atoms with Gasteiger partial charge in [-0.25, -0.2) is 9.97 Å². The van der Waals surface area contributed by atoms with E-state index in [1.807, 2.05) is 0 Å². The number of rotatable bonds is 2. The summed E-state index contributed by atoms with van der Waals surface area (Å²) in [5, 5.41) is 3.94. The van der Waals surface area contributed by atoms with Gasteiger partial charge in [-0.2, -0.15) is 0 Å². The number of halogens is 1. The highest BCUT2D eigenvalue weighted by atomic mass is 79.9. The molecule has 2 fully saturated rings. The van der Waals surface area contributed by atoms with Gasteiger partial charge >= 0.3 is 0 Å². The van der Waals surface area contributed by atoms with Crippen LogP contribution in [0.25, 0.3) is 10.4 Å². The molecule has 1 heterocycles. The van der Waals surface area contributed by atoms with Gasteiger partial charge in [0.05, 0.1) is 4.47 Å². The third-order valence-electron chi connectivity index (χ3n) is 3.56. The van der Waals surface area contributed by atoms with Crippen LogP contribution < -0.4 is 0 Å². The summed E-state index contributed by atoms with van der Waals surface area (Å²) >= 11 is 3.30. The molecule has 0 aliphatic heterocycles. The molecule has 0 aromatic carbocycles. The lowest BCUT2D eigenvalue weighted by atomic mass is 9.65. The normalized spacial score (nSPS) is 23.3. The molecule has 6 heteroatoms. The zero-order chi connectivity index (χ0) is 11.2. The van der Waals surface area contributed by atoms with E-state index < -0.39 is 5.54 Å². The van der Waals surface area contributed by atoms with Crippen LogP contribution >= 0.6 is 15.9 Å². The van der Waals surface area contributed by atoms with Crippen molar-refractivity contribution in [1.82, 2.24) is 9.97 Å². The molecular weight excluding hydrogens is 270 g/mol.